The first-order valence-electron chi connectivity index (χ1n) is 8.11. The number of hydrogen-bond donors (Lipinski definition) is 1. The SMILES string of the molecule is COc1ccccc1/C=N/NC(=O)C[N+]1=CN=C2C1C(=O)N(C)C(=O)N2C. The smallest absolute Gasteiger partial charge is 0.333 e. The van der Waals surface area contributed by atoms with E-state index < -0.39 is 23.9 Å². The number of hydrazone groups is 1. The number of hydrogen-bond acceptors (Lipinski definition) is 6. The maximum atomic E-state index is 12.4. The van der Waals surface area contributed by atoms with Crippen LogP contribution in [0.5, 0.6) is 5.75 Å². The van der Waals surface area contributed by atoms with Crippen LogP contribution in [0.3, 0.4) is 0 Å². The molecule has 3 rings (SSSR count). The molecule has 1 fully saturated rings. The number of carbonyl (C=O) groups excluding carboxylic acids is 3. The van der Waals surface area contributed by atoms with E-state index in [1.165, 1.54) is 36.1 Å². The van der Waals surface area contributed by atoms with Gasteiger partial charge in [0.25, 0.3) is 30.0 Å². The first-order chi connectivity index (χ1) is 12.9. The zero-order chi connectivity index (χ0) is 19.6. The van der Waals surface area contributed by atoms with E-state index in [2.05, 4.69) is 15.5 Å². The van der Waals surface area contributed by atoms with Gasteiger partial charge in [-0.3, -0.25) is 19.4 Å². The minimum absolute atomic E-state index is 0.136. The number of para-hydroxylation sites is 1. The van der Waals surface area contributed by atoms with Crippen molar-refractivity contribution in [3.05, 3.63) is 29.8 Å². The summed E-state index contributed by atoms with van der Waals surface area (Å²) < 4.78 is 6.67. The molecular formula is C17H19N6O4+. The number of fused-ring (bicyclic) bond motifs is 1. The summed E-state index contributed by atoms with van der Waals surface area (Å²) in [5, 5.41) is 3.91. The minimum Gasteiger partial charge on any atom is -0.496 e. The van der Waals surface area contributed by atoms with Gasteiger partial charge in [-0.15, -0.1) is 0 Å². The van der Waals surface area contributed by atoms with Crippen molar-refractivity contribution >= 4 is 36.2 Å². The number of amidine groups is 1. The van der Waals surface area contributed by atoms with Crippen LogP contribution in [-0.2, 0) is 9.59 Å². The summed E-state index contributed by atoms with van der Waals surface area (Å²) in [4.78, 5) is 42.9. The molecule has 4 amide bonds. The Morgan fingerprint density at radius 3 is 2.81 bits per heavy atom. The first-order valence-corrected chi connectivity index (χ1v) is 8.11. The number of aliphatic imine (C=N–C) groups is 1. The highest BCUT2D eigenvalue weighted by molar-refractivity contribution is 6.21. The Hall–Kier alpha value is -3.56. The lowest BCUT2D eigenvalue weighted by Gasteiger charge is -2.30. The van der Waals surface area contributed by atoms with Crippen molar-refractivity contribution in [2.75, 3.05) is 27.7 Å². The van der Waals surface area contributed by atoms with Crippen LogP contribution in [0.25, 0.3) is 0 Å². The van der Waals surface area contributed by atoms with Crippen molar-refractivity contribution in [3.8, 4) is 5.75 Å². The van der Waals surface area contributed by atoms with Crippen LogP contribution < -0.4 is 10.2 Å². The molecular weight excluding hydrogens is 352 g/mol. The number of imide groups is 1. The van der Waals surface area contributed by atoms with Gasteiger partial charge in [0.2, 0.25) is 0 Å². The van der Waals surface area contributed by atoms with Gasteiger partial charge in [-0.05, 0) is 17.1 Å². The molecule has 2 aliphatic rings. The van der Waals surface area contributed by atoms with Crippen LogP contribution in [0.4, 0.5) is 4.79 Å². The van der Waals surface area contributed by atoms with Gasteiger partial charge in [-0.1, -0.05) is 12.1 Å². The zero-order valence-electron chi connectivity index (χ0n) is 15.1. The van der Waals surface area contributed by atoms with Crippen LogP contribution >= 0.6 is 0 Å². The third-order valence-corrected chi connectivity index (χ3v) is 4.25. The largest absolute Gasteiger partial charge is 0.496 e. The van der Waals surface area contributed by atoms with Crippen molar-refractivity contribution in [3.63, 3.8) is 0 Å². The van der Waals surface area contributed by atoms with Gasteiger partial charge >= 0.3 is 6.03 Å². The molecule has 0 bridgehead atoms. The molecule has 0 aromatic heterocycles. The number of amides is 4. The standard InChI is InChI=1S/C17H18N6O4/c1-21-15-14(16(25)22(2)17(21)26)23(10-18-15)9-13(24)20-19-8-11-6-4-5-7-12(11)27-3/h4-8,10,14H,9H2,1-3H3/p+1/b19-8+. The second-order valence-corrected chi connectivity index (χ2v) is 5.95. The van der Waals surface area contributed by atoms with Crippen LogP contribution in [0.15, 0.2) is 34.4 Å². The van der Waals surface area contributed by atoms with Crippen molar-refractivity contribution in [2.45, 2.75) is 6.04 Å². The van der Waals surface area contributed by atoms with E-state index in [9.17, 15) is 14.4 Å². The molecule has 10 nitrogen and oxygen atoms in total. The van der Waals surface area contributed by atoms with Crippen molar-refractivity contribution in [1.29, 1.82) is 0 Å². The summed E-state index contributed by atoms with van der Waals surface area (Å²) in [5.41, 5.74) is 3.12. The van der Waals surface area contributed by atoms with Crippen LogP contribution in [-0.4, -0.2) is 84.4 Å². The van der Waals surface area contributed by atoms with Crippen LogP contribution in [0.1, 0.15) is 5.56 Å². The van der Waals surface area contributed by atoms with E-state index in [0.717, 1.165) is 4.90 Å². The second kappa shape index (κ2) is 7.36. The molecule has 1 atom stereocenters. The highest BCUT2D eigenvalue weighted by Crippen LogP contribution is 2.16. The Balaban J connectivity index is 1.63. The molecule has 0 spiro atoms. The molecule has 1 unspecified atom stereocenters. The number of ether oxygens (including phenoxy) is 1. The van der Waals surface area contributed by atoms with E-state index in [1.54, 1.807) is 19.2 Å². The molecule has 140 valence electrons. The predicted octanol–water partition coefficient (Wildman–Crippen LogP) is -0.509. The molecule has 10 heteroatoms. The number of methoxy groups -OCH3 is 1. The summed E-state index contributed by atoms with van der Waals surface area (Å²) in [5.74, 6) is 0.0677. The number of carbonyl (C=O) groups is 3. The average Bonchev–Trinajstić information content (AvgIpc) is 3.08. The second-order valence-electron chi connectivity index (χ2n) is 5.95. The van der Waals surface area contributed by atoms with Gasteiger partial charge in [-0.25, -0.2) is 14.8 Å². The third kappa shape index (κ3) is 3.41. The maximum absolute atomic E-state index is 12.4. The lowest BCUT2D eigenvalue weighted by Crippen LogP contribution is -2.61. The highest BCUT2D eigenvalue weighted by Gasteiger charge is 2.50. The Labute approximate surface area is 155 Å². The van der Waals surface area contributed by atoms with Crippen molar-refractivity contribution in [1.82, 2.24) is 15.2 Å². The molecule has 1 N–H and O–H groups in total. The lowest BCUT2D eigenvalue weighted by atomic mass is 10.1. The molecule has 0 aliphatic carbocycles. The van der Waals surface area contributed by atoms with Gasteiger partial charge in [0.15, 0.2) is 6.54 Å². The molecule has 27 heavy (non-hydrogen) atoms. The molecule has 1 saturated heterocycles. The maximum Gasteiger partial charge on any atom is 0.333 e. The van der Waals surface area contributed by atoms with Crippen molar-refractivity contribution < 1.29 is 23.7 Å². The molecule has 2 heterocycles. The third-order valence-electron chi connectivity index (χ3n) is 4.25. The van der Waals surface area contributed by atoms with E-state index >= 15 is 0 Å². The minimum atomic E-state index is -0.804. The predicted molar refractivity (Wildman–Crippen MR) is 97.1 cm³/mol. The monoisotopic (exact) mass is 371 g/mol. The lowest BCUT2D eigenvalue weighted by molar-refractivity contribution is -0.519. The number of urea groups is 1. The fraction of sp³-hybridized carbons (Fsp3) is 0.294. The number of nitrogens with zero attached hydrogens (tertiary/aromatic N) is 5. The summed E-state index contributed by atoms with van der Waals surface area (Å²) in [6.45, 7) is -0.136. The molecule has 0 saturated carbocycles. The molecule has 2 aliphatic heterocycles. The molecule has 1 aromatic rings. The Morgan fingerprint density at radius 1 is 1.33 bits per heavy atom. The summed E-state index contributed by atoms with van der Waals surface area (Å²) in [6.07, 6.45) is 2.85. The number of nitrogens with one attached hydrogen (secondary N) is 1. The van der Waals surface area contributed by atoms with Gasteiger partial charge in [-0.2, -0.15) is 5.10 Å². The van der Waals surface area contributed by atoms with E-state index in [-0.39, 0.29) is 6.54 Å². The van der Waals surface area contributed by atoms with Crippen LogP contribution in [0, 0.1) is 0 Å². The van der Waals surface area contributed by atoms with Gasteiger partial charge in [0.1, 0.15) is 5.75 Å². The van der Waals surface area contributed by atoms with E-state index in [1.807, 2.05) is 12.1 Å². The first kappa shape index (κ1) is 18.2. The van der Waals surface area contributed by atoms with Crippen LogP contribution in [0.2, 0.25) is 0 Å². The van der Waals surface area contributed by atoms with Crippen molar-refractivity contribution in [2.24, 2.45) is 10.1 Å². The zero-order valence-corrected chi connectivity index (χ0v) is 15.1. The fourth-order valence-electron chi connectivity index (χ4n) is 2.82. The molecule has 0 radical (unpaired) electrons. The summed E-state index contributed by atoms with van der Waals surface area (Å²) in [6, 6.07) is 5.97. The van der Waals surface area contributed by atoms with E-state index in [4.69, 9.17) is 4.74 Å². The quantitative estimate of drug-likeness (QED) is 0.427. The number of rotatable bonds is 5. The van der Waals surface area contributed by atoms with Gasteiger partial charge in [0, 0.05) is 19.7 Å². The summed E-state index contributed by atoms with van der Waals surface area (Å²) >= 11 is 0. The normalized spacial score (nSPS) is 19.1. The molecule has 1 aromatic carbocycles. The average molecular weight is 371 g/mol. The van der Waals surface area contributed by atoms with Gasteiger partial charge < -0.3 is 4.74 Å². The topological polar surface area (TPSA) is 107 Å². The fourth-order valence-corrected chi connectivity index (χ4v) is 2.82. The van der Waals surface area contributed by atoms with E-state index in [0.29, 0.717) is 17.1 Å². The summed E-state index contributed by atoms with van der Waals surface area (Å²) in [7, 11) is 4.48. The number of benzene rings is 1. The Morgan fingerprint density at radius 2 is 2.07 bits per heavy atom. The van der Waals surface area contributed by atoms with Gasteiger partial charge in [0.05, 0.1) is 13.3 Å². The Kier molecular flexibility index (Phi) is 4.97. The highest BCUT2D eigenvalue weighted by atomic mass is 16.5. The Bertz CT molecular complexity index is 891. The number of likely N-dealkylation sites (N-methyl/N-ethyl adjacent to an activating group) is 2.